The van der Waals surface area contributed by atoms with Crippen LogP contribution in [-0.4, -0.2) is 36.5 Å². The zero-order chi connectivity index (χ0) is 19.0. The van der Waals surface area contributed by atoms with E-state index in [4.69, 9.17) is 9.47 Å². The third kappa shape index (κ3) is 2.04. The lowest BCUT2D eigenvalue weighted by atomic mass is 9.39. The standard InChI is InChI=1S/C22H36O4/c1-18-9-6-16-15(7-10-20(3)17(23)8-11-22(16,20)24)19(18,2)12-13-21(14-18,25-4)26-5/h15-16,24H,6-14H2,1-5H3. The van der Waals surface area contributed by atoms with Crippen molar-refractivity contribution in [2.75, 3.05) is 14.2 Å². The topological polar surface area (TPSA) is 55.8 Å². The number of Topliss-reactive ketones (excluding diaryl/α,β-unsaturated/α-hetero) is 1. The molecule has 0 saturated heterocycles. The number of hydrogen-bond acceptors (Lipinski definition) is 4. The molecule has 4 saturated carbocycles. The van der Waals surface area contributed by atoms with Crippen LogP contribution >= 0.6 is 0 Å². The summed E-state index contributed by atoms with van der Waals surface area (Å²) in [7, 11) is 3.53. The fourth-order valence-corrected chi connectivity index (χ4v) is 7.78. The third-order valence-corrected chi connectivity index (χ3v) is 9.99. The molecule has 0 aromatic carbocycles. The maximum Gasteiger partial charge on any atom is 0.168 e. The van der Waals surface area contributed by atoms with Crippen molar-refractivity contribution in [2.24, 2.45) is 28.1 Å². The van der Waals surface area contributed by atoms with Crippen LogP contribution in [-0.2, 0) is 14.3 Å². The van der Waals surface area contributed by atoms with Gasteiger partial charge >= 0.3 is 0 Å². The predicted octanol–water partition coefficient (Wildman–Crippen LogP) is 4.09. The van der Waals surface area contributed by atoms with Crippen LogP contribution in [0.4, 0.5) is 0 Å². The first-order chi connectivity index (χ1) is 12.1. The first-order valence-corrected chi connectivity index (χ1v) is 10.5. The monoisotopic (exact) mass is 364 g/mol. The van der Waals surface area contributed by atoms with Crippen LogP contribution in [0.5, 0.6) is 0 Å². The number of fused-ring (bicyclic) bond motifs is 5. The van der Waals surface area contributed by atoms with Crippen LogP contribution in [0.2, 0.25) is 0 Å². The van der Waals surface area contributed by atoms with Crippen molar-refractivity contribution in [3.05, 3.63) is 0 Å². The summed E-state index contributed by atoms with van der Waals surface area (Å²) in [6.07, 6.45) is 8.10. The van der Waals surface area contributed by atoms with Crippen molar-refractivity contribution in [1.82, 2.24) is 0 Å². The molecule has 0 aromatic rings. The molecule has 4 rings (SSSR count). The van der Waals surface area contributed by atoms with Gasteiger partial charge in [-0.1, -0.05) is 13.8 Å². The Morgan fingerprint density at radius 3 is 2.23 bits per heavy atom. The van der Waals surface area contributed by atoms with E-state index >= 15 is 0 Å². The lowest BCUT2D eigenvalue weighted by Gasteiger charge is -2.67. The van der Waals surface area contributed by atoms with E-state index in [9.17, 15) is 9.90 Å². The predicted molar refractivity (Wildman–Crippen MR) is 99.6 cm³/mol. The molecule has 4 aliphatic carbocycles. The minimum absolute atomic E-state index is 0.144. The van der Waals surface area contributed by atoms with Gasteiger partial charge in [-0.2, -0.15) is 0 Å². The molecule has 1 N–H and O–H groups in total. The highest BCUT2D eigenvalue weighted by molar-refractivity contribution is 5.88. The van der Waals surface area contributed by atoms with Gasteiger partial charge in [-0.05, 0) is 68.1 Å². The van der Waals surface area contributed by atoms with Gasteiger partial charge in [0.1, 0.15) is 5.78 Å². The van der Waals surface area contributed by atoms with Crippen molar-refractivity contribution in [3.63, 3.8) is 0 Å². The number of carbonyl (C=O) groups is 1. The average molecular weight is 365 g/mol. The SMILES string of the molecule is COC1(OC)CCC2(C)C3CCC4(C)C(=O)CCC4(O)C3CCC2(C)C1. The van der Waals surface area contributed by atoms with E-state index in [1.54, 1.807) is 14.2 Å². The molecule has 4 aliphatic rings. The summed E-state index contributed by atoms with van der Waals surface area (Å²) in [5, 5.41) is 11.7. The van der Waals surface area contributed by atoms with Crippen molar-refractivity contribution in [1.29, 1.82) is 0 Å². The summed E-state index contributed by atoms with van der Waals surface area (Å²) >= 11 is 0. The van der Waals surface area contributed by atoms with Crippen LogP contribution in [0.25, 0.3) is 0 Å². The third-order valence-electron chi connectivity index (χ3n) is 9.99. The Labute approximate surface area is 158 Å². The van der Waals surface area contributed by atoms with Crippen molar-refractivity contribution in [2.45, 2.75) is 89.9 Å². The van der Waals surface area contributed by atoms with Gasteiger partial charge in [0.25, 0.3) is 0 Å². The number of carbonyl (C=O) groups excluding carboxylic acids is 1. The number of methoxy groups -OCH3 is 2. The van der Waals surface area contributed by atoms with Crippen molar-refractivity contribution in [3.8, 4) is 0 Å². The van der Waals surface area contributed by atoms with Gasteiger partial charge in [-0.15, -0.1) is 0 Å². The van der Waals surface area contributed by atoms with Crippen LogP contribution in [0, 0.1) is 28.1 Å². The van der Waals surface area contributed by atoms with E-state index in [1.807, 2.05) is 6.92 Å². The number of ether oxygens (including phenoxy) is 2. The highest BCUT2D eigenvalue weighted by atomic mass is 16.7. The first-order valence-electron chi connectivity index (χ1n) is 10.5. The van der Waals surface area contributed by atoms with E-state index in [1.165, 1.54) is 0 Å². The van der Waals surface area contributed by atoms with E-state index in [0.717, 1.165) is 44.9 Å². The molecule has 4 nitrogen and oxygen atoms in total. The fourth-order valence-electron chi connectivity index (χ4n) is 7.78. The smallest absolute Gasteiger partial charge is 0.168 e. The number of aliphatic hydroxyl groups is 1. The van der Waals surface area contributed by atoms with E-state index in [-0.39, 0.29) is 16.7 Å². The summed E-state index contributed by atoms with van der Waals surface area (Å²) in [5.41, 5.74) is -1.01. The first kappa shape index (κ1) is 18.9. The second-order valence-corrected chi connectivity index (χ2v) is 10.4. The summed E-state index contributed by atoms with van der Waals surface area (Å²) in [6, 6.07) is 0. The maximum absolute atomic E-state index is 12.6. The second-order valence-electron chi connectivity index (χ2n) is 10.4. The molecule has 0 aliphatic heterocycles. The molecule has 0 radical (unpaired) electrons. The van der Waals surface area contributed by atoms with Crippen LogP contribution in [0.15, 0.2) is 0 Å². The molecule has 0 bridgehead atoms. The van der Waals surface area contributed by atoms with Crippen molar-refractivity contribution >= 4 is 5.78 Å². The van der Waals surface area contributed by atoms with Crippen LogP contribution < -0.4 is 0 Å². The van der Waals surface area contributed by atoms with E-state index in [0.29, 0.717) is 24.5 Å². The molecule has 6 unspecified atom stereocenters. The molecule has 4 heteroatoms. The minimum Gasteiger partial charge on any atom is -0.389 e. The maximum atomic E-state index is 12.6. The van der Waals surface area contributed by atoms with Gasteiger partial charge in [-0.25, -0.2) is 0 Å². The molecule has 6 atom stereocenters. The van der Waals surface area contributed by atoms with Crippen LogP contribution in [0.3, 0.4) is 0 Å². The molecule has 0 spiro atoms. The number of hydrogen-bond donors (Lipinski definition) is 1. The lowest BCUT2D eigenvalue weighted by Crippen LogP contribution is -2.65. The Bertz CT molecular complexity index is 613. The molecule has 26 heavy (non-hydrogen) atoms. The second kappa shape index (κ2) is 5.55. The summed E-state index contributed by atoms with van der Waals surface area (Å²) in [5.74, 6) is 0.559. The summed E-state index contributed by atoms with van der Waals surface area (Å²) in [6.45, 7) is 6.89. The highest BCUT2D eigenvalue weighted by Crippen LogP contribution is 2.71. The molecular formula is C22H36O4. The summed E-state index contributed by atoms with van der Waals surface area (Å²) < 4.78 is 11.7. The lowest BCUT2D eigenvalue weighted by molar-refractivity contribution is -0.291. The Balaban J connectivity index is 1.70. The van der Waals surface area contributed by atoms with Gasteiger partial charge in [0.2, 0.25) is 0 Å². The largest absolute Gasteiger partial charge is 0.389 e. The van der Waals surface area contributed by atoms with Gasteiger partial charge in [0, 0.05) is 33.5 Å². The van der Waals surface area contributed by atoms with Crippen molar-refractivity contribution < 1.29 is 19.4 Å². The quantitative estimate of drug-likeness (QED) is 0.750. The Kier molecular flexibility index (Phi) is 4.03. The molecule has 0 amide bonds. The molecule has 148 valence electrons. The normalized spacial score (nSPS) is 52.9. The Hall–Kier alpha value is -0.450. The number of rotatable bonds is 2. The molecule has 0 aromatic heterocycles. The average Bonchev–Trinajstić information content (AvgIpc) is 2.86. The minimum atomic E-state index is -0.797. The van der Waals surface area contributed by atoms with E-state index in [2.05, 4.69) is 13.8 Å². The Morgan fingerprint density at radius 1 is 0.923 bits per heavy atom. The highest BCUT2D eigenvalue weighted by Gasteiger charge is 2.70. The van der Waals surface area contributed by atoms with E-state index < -0.39 is 16.8 Å². The zero-order valence-corrected chi connectivity index (χ0v) is 17.2. The van der Waals surface area contributed by atoms with Crippen LogP contribution in [0.1, 0.15) is 78.6 Å². The molecule has 4 fully saturated rings. The van der Waals surface area contributed by atoms with Gasteiger partial charge < -0.3 is 14.6 Å². The molecular weight excluding hydrogens is 328 g/mol. The van der Waals surface area contributed by atoms with Gasteiger partial charge in [0.15, 0.2) is 5.79 Å². The Morgan fingerprint density at radius 2 is 1.58 bits per heavy atom. The fraction of sp³-hybridized carbons (Fsp3) is 0.955. The zero-order valence-electron chi connectivity index (χ0n) is 17.2. The molecule has 0 heterocycles. The summed E-state index contributed by atoms with van der Waals surface area (Å²) in [4.78, 5) is 12.6. The number of ketones is 1. The van der Waals surface area contributed by atoms with Gasteiger partial charge in [-0.3, -0.25) is 4.79 Å². The van der Waals surface area contributed by atoms with Gasteiger partial charge in [0.05, 0.1) is 11.0 Å².